The molecule has 2 heterocycles. The highest BCUT2D eigenvalue weighted by Crippen LogP contribution is 2.28. The number of thiazole rings is 1. The van der Waals surface area contributed by atoms with Gasteiger partial charge in [-0.15, -0.1) is 11.3 Å². The molecule has 2 rings (SSSR count). The summed E-state index contributed by atoms with van der Waals surface area (Å²) in [5.74, 6) is 0. The lowest BCUT2D eigenvalue weighted by Crippen LogP contribution is -2.24. The largest absolute Gasteiger partial charge is 0.395 e. The summed E-state index contributed by atoms with van der Waals surface area (Å²) in [6.45, 7) is 6.19. The second-order valence-electron chi connectivity index (χ2n) is 4.14. The molecule has 0 atom stereocenters. The topological polar surface area (TPSA) is 37.5 Å². The lowest BCUT2D eigenvalue weighted by molar-refractivity contribution is 0.214. The number of fused-ring (bicyclic) bond motifs is 1. The van der Waals surface area contributed by atoms with Gasteiger partial charge in [0.25, 0.3) is 0 Å². The van der Waals surface area contributed by atoms with Crippen molar-refractivity contribution in [3.05, 3.63) is 23.0 Å². The van der Waals surface area contributed by atoms with E-state index in [4.69, 9.17) is 0 Å². The molecule has 14 heavy (non-hydrogen) atoms. The molecule has 1 N–H and O–H groups in total. The third kappa shape index (κ3) is 1.26. The highest BCUT2D eigenvalue weighted by molar-refractivity contribution is 7.15. The van der Waals surface area contributed by atoms with Crippen LogP contribution in [-0.4, -0.2) is 21.1 Å². The molecule has 4 heteroatoms. The number of aryl methyl sites for hydroxylation is 1. The Kier molecular flexibility index (Phi) is 2.12. The molecule has 0 aliphatic carbocycles. The molecule has 0 spiro atoms. The Balaban J connectivity index is 2.70. The van der Waals surface area contributed by atoms with Gasteiger partial charge in [0.05, 0.1) is 18.0 Å². The second kappa shape index (κ2) is 3.07. The van der Waals surface area contributed by atoms with Gasteiger partial charge >= 0.3 is 0 Å². The maximum Gasteiger partial charge on any atom is 0.194 e. The van der Waals surface area contributed by atoms with Gasteiger partial charge < -0.3 is 5.11 Å². The second-order valence-corrected chi connectivity index (χ2v) is 5.02. The fourth-order valence-corrected chi connectivity index (χ4v) is 2.54. The van der Waals surface area contributed by atoms with Crippen LogP contribution < -0.4 is 0 Å². The molecule has 2 aromatic rings. The van der Waals surface area contributed by atoms with E-state index in [1.165, 1.54) is 0 Å². The smallest absolute Gasteiger partial charge is 0.194 e. The molecule has 0 aliphatic rings. The van der Waals surface area contributed by atoms with Crippen molar-refractivity contribution in [2.24, 2.45) is 0 Å². The van der Waals surface area contributed by atoms with E-state index in [9.17, 15) is 5.11 Å². The Morgan fingerprint density at radius 1 is 1.57 bits per heavy atom. The number of rotatable bonds is 2. The van der Waals surface area contributed by atoms with Crippen molar-refractivity contribution in [3.63, 3.8) is 0 Å². The van der Waals surface area contributed by atoms with Crippen LogP contribution in [0.15, 0.2) is 11.6 Å². The zero-order valence-corrected chi connectivity index (χ0v) is 9.43. The first-order valence-corrected chi connectivity index (χ1v) is 5.48. The quantitative estimate of drug-likeness (QED) is 0.823. The van der Waals surface area contributed by atoms with Crippen LogP contribution in [0.2, 0.25) is 0 Å². The minimum absolute atomic E-state index is 0.136. The molecule has 76 valence electrons. The highest BCUT2D eigenvalue weighted by atomic mass is 32.1. The van der Waals surface area contributed by atoms with E-state index in [1.54, 1.807) is 11.3 Å². The van der Waals surface area contributed by atoms with Gasteiger partial charge in [0.1, 0.15) is 0 Å². The zero-order chi connectivity index (χ0) is 10.3. The van der Waals surface area contributed by atoms with Crippen LogP contribution in [0.25, 0.3) is 4.96 Å². The van der Waals surface area contributed by atoms with Gasteiger partial charge in [-0.25, -0.2) is 4.98 Å². The van der Waals surface area contributed by atoms with Gasteiger partial charge in [-0.05, 0) is 6.92 Å². The minimum Gasteiger partial charge on any atom is -0.395 e. The fourth-order valence-electron chi connectivity index (χ4n) is 1.78. The minimum atomic E-state index is -0.232. The Labute approximate surface area is 87.0 Å². The highest BCUT2D eigenvalue weighted by Gasteiger charge is 2.26. The summed E-state index contributed by atoms with van der Waals surface area (Å²) in [7, 11) is 0. The van der Waals surface area contributed by atoms with Crippen LogP contribution >= 0.6 is 11.3 Å². The van der Waals surface area contributed by atoms with E-state index in [1.807, 2.05) is 32.3 Å². The Hall–Kier alpha value is -0.870. The third-order valence-electron chi connectivity index (χ3n) is 2.47. The molecule has 0 fully saturated rings. The standard InChI is InChI=1S/C10H14N2OS/c1-7-8(10(2,3)6-13)12-4-5-14-9(12)11-7/h4-5,13H,6H2,1-3H3. The van der Waals surface area contributed by atoms with Gasteiger partial charge in [-0.2, -0.15) is 0 Å². The van der Waals surface area contributed by atoms with Crippen LogP contribution in [0.4, 0.5) is 0 Å². The van der Waals surface area contributed by atoms with Crippen molar-refractivity contribution >= 4 is 16.3 Å². The molecular weight excluding hydrogens is 196 g/mol. The molecule has 0 amide bonds. The molecule has 0 radical (unpaired) electrons. The fraction of sp³-hybridized carbons (Fsp3) is 0.500. The Morgan fingerprint density at radius 3 is 2.93 bits per heavy atom. The number of nitrogens with zero attached hydrogens (tertiary/aromatic N) is 2. The predicted molar refractivity (Wildman–Crippen MR) is 57.9 cm³/mol. The molecule has 3 nitrogen and oxygen atoms in total. The number of hydrogen-bond donors (Lipinski definition) is 1. The van der Waals surface area contributed by atoms with Gasteiger partial charge in [0, 0.05) is 17.0 Å². The van der Waals surface area contributed by atoms with Crippen LogP contribution in [0.1, 0.15) is 25.2 Å². The summed E-state index contributed by atoms with van der Waals surface area (Å²) in [6, 6.07) is 0. The number of aliphatic hydroxyl groups excluding tert-OH is 1. The summed E-state index contributed by atoms with van der Waals surface area (Å²) >= 11 is 1.62. The first-order valence-electron chi connectivity index (χ1n) is 4.60. The summed E-state index contributed by atoms with van der Waals surface area (Å²) < 4.78 is 2.07. The van der Waals surface area contributed by atoms with Crippen LogP contribution in [-0.2, 0) is 5.41 Å². The van der Waals surface area contributed by atoms with E-state index < -0.39 is 0 Å². The average molecular weight is 210 g/mol. The van der Waals surface area contributed by atoms with Gasteiger partial charge in [0.15, 0.2) is 4.96 Å². The van der Waals surface area contributed by atoms with E-state index in [2.05, 4.69) is 9.38 Å². The molecule has 0 bridgehead atoms. The zero-order valence-electron chi connectivity index (χ0n) is 8.61. The van der Waals surface area contributed by atoms with E-state index >= 15 is 0 Å². The number of aromatic nitrogens is 2. The molecule has 0 aromatic carbocycles. The Morgan fingerprint density at radius 2 is 2.29 bits per heavy atom. The van der Waals surface area contributed by atoms with E-state index in [0.29, 0.717) is 0 Å². The first-order chi connectivity index (χ1) is 6.56. The van der Waals surface area contributed by atoms with Crippen molar-refractivity contribution in [2.45, 2.75) is 26.2 Å². The maximum absolute atomic E-state index is 9.35. The summed E-state index contributed by atoms with van der Waals surface area (Å²) in [5, 5.41) is 11.4. The summed E-state index contributed by atoms with van der Waals surface area (Å²) in [4.78, 5) is 5.46. The first kappa shape index (κ1) is 9.68. The van der Waals surface area contributed by atoms with Crippen molar-refractivity contribution in [2.75, 3.05) is 6.61 Å². The van der Waals surface area contributed by atoms with Gasteiger partial charge in [-0.1, -0.05) is 13.8 Å². The van der Waals surface area contributed by atoms with E-state index in [0.717, 1.165) is 16.3 Å². The van der Waals surface area contributed by atoms with Crippen LogP contribution in [0, 0.1) is 6.92 Å². The molecular formula is C10H14N2OS. The molecule has 0 aliphatic heterocycles. The van der Waals surface area contributed by atoms with Gasteiger partial charge in [-0.3, -0.25) is 4.40 Å². The molecule has 0 saturated carbocycles. The van der Waals surface area contributed by atoms with Crippen molar-refractivity contribution < 1.29 is 5.11 Å². The lowest BCUT2D eigenvalue weighted by Gasteiger charge is -2.21. The SMILES string of the molecule is Cc1nc2sccn2c1C(C)(C)CO. The van der Waals surface area contributed by atoms with E-state index in [-0.39, 0.29) is 12.0 Å². The van der Waals surface area contributed by atoms with Crippen LogP contribution in [0.3, 0.4) is 0 Å². The molecule has 2 aromatic heterocycles. The molecule has 0 saturated heterocycles. The predicted octanol–water partition coefficient (Wildman–Crippen LogP) is 1.97. The summed E-state index contributed by atoms with van der Waals surface area (Å²) in [6.07, 6.45) is 2.01. The maximum atomic E-state index is 9.35. The van der Waals surface area contributed by atoms with Crippen molar-refractivity contribution in [1.29, 1.82) is 0 Å². The molecule has 0 unspecified atom stereocenters. The average Bonchev–Trinajstić information content (AvgIpc) is 2.62. The van der Waals surface area contributed by atoms with Crippen molar-refractivity contribution in [3.8, 4) is 0 Å². The number of hydrogen-bond acceptors (Lipinski definition) is 3. The normalized spacial score (nSPS) is 12.6. The van der Waals surface area contributed by atoms with Crippen molar-refractivity contribution in [1.82, 2.24) is 9.38 Å². The Bertz CT molecular complexity index is 456. The third-order valence-corrected chi connectivity index (χ3v) is 3.23. The lowest BCUT2D eigenvalue weighted by atomic mass is 9.89. The van der Waals surface area contributed by atoms with Gasteiger partial charge in [0.2, 0.25) is 0 Å². The summed E-state index contributed by atoms with van der Waals surface area (Å²) in [5.41, 5.74) is 1.89. The van der Waals surface area contributed by atoms with Crippen LogP contribution in [0.5, 0.6) is 0 Å². The monoisotopic (exact) mass is 210 g/mol. The number of aliphatic hydroxyl groups is 1. The number of imidazole rings is 1.